The number of nitrogens with zero attached hydrogens (tertiary/aromatic N) is 3. The fourth-order valence-corrected chi connectivity index (χ4v) is 2.01. The van der Waals surface area contributed by atoms with E-state index in [0.29, 0.717) is 4.60 Å². The Bertz CT molecular complexity index is 347. The van der Waals surface area contributed by atoms with Gasteiger partial charge in [-0.05, 0) is 32.3 Å². The molecule has 12 heavy (non-hydrogen) atoms. The summed E-state index contributed by atoms with van der Waals surface area (Å²) < 4.78 is 2.35. The largest absolute Gasteiger partial charge is 0.396 e. The third-order valence-corrected chi connectivity index (χ3v) is 2.71. The van der Waals surface area contributed by atoms with Gasteiger partial charge in [0.15, 0.2) is 4.60 Å². The average Bonchev–Trinajstić information content (AvgIpc) is 2.53. The number of rotatable bonds is 1. The molecule has 0 N–H and O–H groups in total. The Morgan fingerprint density at radius 3 is 3.00 bits per heavy atom. The molecule has 1 aliphatic heterocycles. The predicted molar refractivity (Wildman–Crippen MR) is 44.9 cm³/mol. The Hall–Kier alpha value is -0.910. The van der Waals surface area contributed by atoms with Gasteiger partial charge in [-0.3, -0.25) is 4.57 Å². The van der Waals surface area contributed by atoms with Gasteiger partial charge in [0.05, 0.1) is 0 Å². The molecule has 2 rings (SSSR count). The van der Waals surface area contributed by atoms with Gasteiger partial charge >= 0.3 is 5.82 Å². The lowest BCUT2D eigenvalue weighted by atomic mass is 10.4. The molecule has 0 saturated heterocycles. The topological polar surface area (TPSA) is 61.0 Å². The zero-order valence-electron chi connectivity index (χ0n) is 6.16. The van der Waals surface area contributed by atoms with Crippen molar-refractivity contribution in [2.24, 2.45) is 0 Å². The maximum Gasteiger partial charge on any atom is 0.396 e. The highest BCUT2D eigenvalue weighted by atomic mass is 79.9. The molecule has 0 unspecified atom stereocenters. The molecule has 0 spiro atoms. The van der Waals surface area contributed by atoms with E-state index in [-0.39, 0.29) is 5.82 Å². The van der Waals surface area contributed by atoms with Crippen molar-refractivity contribution in [3.05, 3.63) is 20.5 Å². The van der Waals surface area contributed by atoms with Crippen LogP contribution in [0.2, 0.25) is 0 Å². The lowest BCUT2D eigenvalue weighted by Gasteiger charge is -1.93. The minimum atomic E-state index is -0.463. The standard InChI is InChI=1S/C6H6BrN3O2/c7-5-6(10(11)12)8-4-2-1-3-9(4)5/h1-3H2. The SMILES string of the molecule is O=[N+]([O-])c1nc2n(c1Br)CCC2. The lowest BCUT2D eigenvalue weighted by Crippen LogP contribution is -1.93. The zero-order valence-corrected chi connectivity index (χ0v) is 7.74. The van der Waals surface area contributed by atoms with E-state index in [1.54, 1.807) is 0 Å². The highest BCUT2D eigenvalue weighted by Gasteiger charge is 2.28. The molecule has 0 saturated carbocycles. The average molecular weight is 232 g/mol. The van der Waals surface area contributed by atoms with Crippen LogP contribution in [0.3, 0.4) is 0 Å². The summed E-state index contributed by atoms with van der Waals surface area (Å²) in [5, 5.41) is 10.4. The second-order valence-electron chi connectivity index (χ2n) is 2.65. The number of hydrogen-bond acceptors (Lipinski definition) is 3. The van der Waals surface area contributed by atoms with Crippen molar-refractivity contribution in [1.29, 1.82) is 0 Å². The molecule has 0 aliphatic carbocycles. The Morgan fingerprint density at radius 1 is 1.67 bits per heavy atom. The van der Waals surface area contributed by atoms with E-state index in [4.69, 9.17) is 0 Å². The van der Waals surface area contributed by atoms with Crippen molar-refractivity contribution in [3.8, 4) is 0 Å². The number of hydrogen-bond donors (Lipinski definition) is 0. The monoisotopic (exact) mass is 231 g/mol. The second-order valence-corrected chi connectivity index (χ2v) is 3.41. The molecule has 0 radical (unpaired) electrons. The summed E-state index contributed by atoms with van der Waals surface area (Å²) in [6, 6.07) is 0. The van der Waals surface area contributed by atoms with Crippen LogP contribution in [0.1, 0.15) is 12.2 Å². The zero-order chi connectivity index (χ0) is 8.72. The molecule has 1 aromatic heterocycles. The Balaban J connectivity index is 2.54. The first-order valence-corrected chi connectivity index (χ1v) is 4.38. The first-order valence-electron chi connectivity index (χ1n) is 3.59. The molecule has 0 amide bonds. The first-order chi connectivity index (χ1) is 5.70. The number of nitro groups is 1. The van der Waals surface area contributed by atoms with Crippen LogP contribution in [0.5, 0.6) is 0 Å². The minimum Gasteiger partial charge on any atom is -0.358 e. The normalized spacial score (nSPS) is 14.8. The number of aromatic nitrogens is 2. The van der Waals surface area contributed by atoms with Gasteiger partial charge in [0.25, 0.3) is 0 Å². The smallest absolute Gasteiger partial charge is 0.358 e. The van der Waals surface area contributed by atoms with Gasteiger partial charge in [0, 0.05) is 13.0 Å². The molecule has 0 bridgehead atoms. The molecular formula is C6H6BrN3O2. The van der Waals surface area contributed by atoms with E-state index >= 15 is 0 Å². The third-order valence-electron chi connectivity index (χ3n) is 1.92. The molecule has 0 fully saturated rings. The number of imidazole rings is 1. The molecule has 5 nitrogen and oxygen atoms in total. The Labute approximate surface area is 76.7 Å². The first kappa shape index (κ1) is 7.72. The van der Waals surface area contributed by atoms with Gasteiger partial charge in [-0.25, -0.2) is 0 Å². The van der Waals surface area contributed by atoms with Crippen LogP contribution in [0.4, 0.5) is 5.82 Å². The van der Waals surface area contributed by atoms with Gasteiger partial charge in [0.2, 0.25) is 5.82 Å². The molecule has 0 aromatic carbocycles. The molecule has 2 heterocycles. The predicted octanol–water partition coefficient (Wildman–Crippen LogP) is 1.50. The van der Waals surface area contributed by atoms with Crippen LogP contribution in [0.15, 0.2) is 4.60 Å². The summed E-state index contributed by atoms with van der Waals surface area (Å²) >= 11 is 3.16. The summed E-state index contributed by atoms with van der Waals surface area (Å²) in [5.41, 5.74) is 0. The second kappa shape index (κ2) is 2.55. The van der Waals surface area contributed by atoms with E-state index in [1.807, 2.05) is 4.57 Å². The summed E-state index contributed by atoms with van der Waals surface area (Å²) in [7, 11) is 0. The lowest BCUT2D eigenvalue weighted by molar-refractivity contribution is -0.390. The van der Waals surface area contributed by atoms with Crippen molar-refractivity contribution in [2.75, 3.05) is 0 Å². The summed E-state index contributed by atoms with van der Waals surface area (Å²) in [6.45, 7) is 0.830. The molecular weight excluding hydrogens is 226 g/mol. The summed E-state index contributed by atoms with van der Waals surface area (Å²) in [4.78, 5) is 13.9. The fourth-order valence-electron chi connectivity index (χ4n) is 1.39. The number of halogens is 1. The van der Waals surface area contributed by atoms with Gasteiger partial charge in [-0.1, -0.05) is 0 Å². The van der Waals surface area contributed by atoms with Crippen molar-refractivity contribution in [2.45, 2.75) is 19.4 Å². The molecule has 64 valence electrons. The molecule has 6 heteroatoms. The van der Waals surface area contributed by atoms with E-state index in [9.17, 15) is 10.1 Å². The van der Waals surface area contributed by atoms with Gasteiger partial charge < -0.3 is 10.1 Å². The van der Waals surface area contributed by atoms with E-state index < -0.39 is 4.92 Å². The third kappa shape index (κ3) is 0.945. The fraction of sp³-hybridized carbons (Fsp3) is 0.500. The van der Waals surface area contributed by atoms with Crippen molar-refractivity contribution in [3.63, 3.8) is 0 Å². The summed E-state index contributed by atoms with van der Waals surface area (Å²) in [5.74, 6) is 0.748. The van der Waals surface area contributed by atoms with Crippen LogP contribution < -0.4 is 0 Å². The van der Waals surface area contributed by atoms with Gasteiger partial charge in [0.1, 0.15) is 0 Å². The highest BCUT2D eigenvalue weighted by molar-refractivity contribution is 9.10. The van der Waals surface area contributed by atoms with Crippen molar-refractivity contribution >= 4 is 21.7 Å². The maximum atomic E-state index is 10.4. The highest BCUT2D eigenvalue weighted by Crippen LogP contribution is 2.29. The van der Waals surface area contributed by atoms with Crippen LogP contribution in [-0.4, -0.2) is 14.5 Å². The Kier molecular flexibility index (Phi) is 1.64. The van der Waals surface area contributed by atoms with E-state index in [0.717, 1.165) is 25.2 Å². The molecule has 0 atom stereocenters. The van der Waals surface area contributed by atoms with Crippen molar-refractivity contribution < 1.29 is 4.92 Å². The number of aryl methyl sites for hydroxylation is 1. The van der Waals surface area contributed by atoms with Crippen molar-refractivity contribution in [1.82, 2.24) is 9.55 Å². The quantitative estimate of drug-likeness (QED) is 0.544. The van der Waals surface area contributed by atoms with E-state index in [1.165, 1.54) is 0 Å². The van der Waals surface area contributed by atoms with Gasteiger partial charge in [-0.2, -0.15) is 0 Å². The maximum absolute atomic E-state index is 10.4. The van der Waals surface area contributed by atoms with Gasteiger partial charge in [-0.15, -0.1) is 0 Å². The Morgan fingerprint density at radius 2 is 2.42 bits per heavy atom. The van der Waals surface area contributed by atoms with Crippen LogP contribution >= 0.6 is 15.9 Å². The van der Waals surface area contributed by atoms with Crippen LogP contribution in [-0.2, 0) is 13.0 Å². The molecule has 1 aliphatic rings. The summed E-state index contributed by atoms with van der Waals surface area (Å²) in [6.07, 6.45) is 1.87. The van der Waals surface area contributed by atoms with E-state index in [2.05, 4.69) is 20.9 Å². The number of fused-ring (bicyclic) bond motifs is 1. The van der Waals surface area contributed by atoms with Crippen LogP contribution in [0, 0.1) is 10.1 Å². The molecule has 1 aromatic rings. The van der Waals surface area contributed by atoms with Crippen LogP contribution in [0.25, 0.3) is 0 Å². The minimum absolute atomic E-state index is 0.0651.